The van der Waals surface area contributed by atoms with Gasteiger partial charge in [-0.1, -0.05) is 13.3 Å². The smallest absolute Gasteiger partial charge is 0.123 e. The van der Waals surface area contributed by atoms with Crippen molar-refractivity contribution in [1.82, 2.24) is 0 Å². The van der Waals surface area contributed by atoms with Crippen LogP contribution in [-0.2, 0) is 0 Å². The van der Waals surface area contributed by atoms with Gasteiger partial charge in [0, 0.05) is 0 Å². The Balaban J connectivity index is 4.10. The Labute approximate surface area is 85.8 Å². The van der Waals surface area contributed by atoms with E-state index < -0.39 is 9.96 Å². The topological polar surface area (TPSA) is 0 Å². The second kappa shape index (κ2) is 4.06. The molecule has 0 unspecified atom stereocenters. The highest BCUT2D eigenvalue weighted by Crippen LogP contribution is 2.44. The Kier molecular flexibility index (Phi) is 4.74. The van der Waals surface area contributed by atoms with Gasteiger partial charge in [0.25, 0.3) is 0 Å². The highest BCUT2D eigenvalue weighted by Gasteiger charge is 2.48. The quantitative estimate of drug-likeness (QED) is 0.406. The van der Waals surface area contributed by atoms with E-state index in [4.69, 9.17) is 56.4 Å². The Bertz CT molecular complexity index is 107. The van der Waals surface area contributed by atoms with Crippen LogP contribution in [0.4, 0.5) is 0 Å². The molecule has 0 aliphatic carbocycles. The van der Waals surface area contributed by atoms with Gasteiger partial charge in [-0.15, -0.1) is 56.4 Å². The first-order valence-corrected chi connectivity index (χ1v) is 8.55. The third-order valence-corrected chi connectivity index (χ3v) is 8.78. The fourth-order valence-corrected chi connectivity index (χ4v) is 2.22. The zero-order chi connectivity index (χ0) is 8.41. The van der Waals surface area contributed by atoms with Gasteiger partial charge in [0.1, 0.15) is 0 Å². The molecule has 0 aromatic rings. The zero-order valence-corrected chi connectivity index (χ0v) is 10.1. The van der Waals surface area contributed by atoms with Crippen molar-refractivity contribution < 1.29 is 0 Å². The number of hydrogen-bond acceptors (Lipinski definition) is 0. The fraction of sp³-hybridized carbons (Fsp3) is 1.00. The van der Waals surface area contributed by atoms with Crippen LogP contribution in [0, 0.1) is 0 Å². The summed E-state index contributed by atoms with van der Waals surface area (Å²) in [5.74, 6) is 0. The second-order valence-corrected chi connectivity index (χ2v) is 12.8. The number of rotatable bonds is 3. The number of halogens is 5. The third kappa shape index (κ3) is 3.38. The van der Waals surface area contributed by atoms with Gasteiger partial charge in [-0.25, -0.2) is 0 Å². The van der Waals surface area contributed by atoms with E-state index in [-0.39, 0.29) is 0 Å². The van der Waals surface area contributed by atoms with Gasteiger partial charge in [-0.2, -0.15) is 0 Å². The molecule has 0 fully saturated rings. The van der Waals surface area contributed by atoms with Crippen molar-refractivity contribution in [3.63, 3.8) is 0 Å². The van der Waals surface area contributed by atoms with E-state index in [2.05, 4.69) is 0 Å². The van der Waals surface area contributed by atoms with E-state index in [1.54, 1.807) is 0 Å². The van der Waals surface area contributed by atoms with Crippen LogP contribution in [0.5, 0.6) is 0 Å². The average Bonchev–Trinajstić information content (AvgIpc) is 1.61. The predicted octanol–water partition coefficient (Wildman–Crippen LogP) is 4.15. The summed E-state index contributed by atoms with van der Waals surface area (Å²) in [5, 5.41) is 0. The molecule has 0 nitrogen and oxygen atoms in total. The molecule has 62 valence electrons. The maximum absolute atomic E-state index is 5.74. The minimum atomic E-state index is -2.96. The summed E-state index contributed by atoms with van der Waals surface area (Å²) in [6, 6.07) is -2.96. The van der Waals surface area contributed by atoms with E-state index in [0.29, 0.717) is 6.42 Å². The Morgan fingerprint density at radius 2 is 1.60 bits per heavy atom. The Morgan fingerprint density at radius 3 is 1.70 bits per heavy atom. The van der Waals surface area contributed by atoms with Crippen molar-refractivity contribution in [3.05, 3.63) is 0 Å². The normalized spacial score (nSPS) is 13.8. The molecule has 0 amide bonds. The molecular formula is C4H7Cl5Si. The monoisotopic (exact) mass is 258 g/mol. The van der Waals surface area contributed by atoms with Gasteiger partial charge in [-0.05, 0) is 6.42 Å². The molecule has 10 heavy (non-hydrogen) atoms. The maximum atomic E-state index is 5.74. The van der Waals surface area contributed by atoms with Crippen molar-refractivity contribution in [2.24, 2.45) is 0 Å². The molecule has 0 atom stereocenters. The molecule has 0 aliphatic heterocycles. The molecule has 0 N–H and O–H groups in total. The highest BCUT2D eigenvalue weighted by molar-refractivity contribution is 7.68. The van der Waals surface area contributed by atoms with E-state index in [0.717, 1.165) is 6.42 Å². The highest BCUT2D eigenvalue weighted by atomic mass is 35.8. The molecule has 0 radical (unpaired) electrons. The summed E-state index contributed by atoms with van der Waals surface area (Å²) in [6.07, 6.45) is 1.34. The molecule has 6 heteroatoms. The summed E-state index contributed by atoms with van der Waals surface area (Å²) >= 11 is 28.3. The number of hydrogen-bond donors (Lipinski definition) is 0. The van der Waals surface area contributed by atoms with Gasteiger partial charge in [0.2, 0.25) is 0 Å². The summed E-state index contributed by atoms with van der Waals surface area (Å²) in [6.45, 7) is 1.93. The molecule has 0 aromatic carbocycles. The first-order valence-electron chi connectivity index (χ1n) is 2.76. The van der Waals surface area contributed by atoms with Gasteiger partial charge in [0.15, 0.2) is 3.96 Å². The van der Waals surface area contributed by atoms with E-state index in [1.807, 2.05) is 6.92 Å². The molecule has 0 spiro atoms. The molecule has 0 aromatic heterocycles. The molecule has 0 saturated carbocycles. The maximum Gasteiger partial charge on any atom is 0.376 e. The van der Waals surface area contributed by atoms with Crippen LogP contribution in [-0.4, -0.2) is 9.96 Å². The van der Waals surface area contributed by atoms with Crippen LogP contribution in [0.15, 0.2) is 0 Å². The molecular weight excluding hydrogens is 253 g/mol. The molecule has 0 heterocycles. The molecule has 0 rings (SSSR count). The Hall–Kier alpha value is 1.67. The van der Waals surface area contributed by atoms with Crippen LogP contribution >= 0.6 is 56.4 Å². The molecule has 0 saturated heterocycles. The van der Waals surface area contributed by atoms with Crippen molar-refractivity contribution in [3.8, 4) is 0 Å². The van der Waals surface area contributed by atoms with Gasteiger partial charge < -0.3 is 0 Å². The minimum Gasteiger partial charge on any atom is -0.123 e. The van der Waals surface area contributed by atoms with Gasteiger partial charge >= 0.3 is 6.00 Å². The molecule has 0 aliphatic rings. The van der Waals surface area contributed by atoms with Crippen LogP contribution < -0.4 is 0 Å². The number of alkyl halides is 2. The lowest BCUT2D eigenvalue weighted by molar-refractivity contribution is 0.816. The van der Waals surface area contributed by atoms with Crippen molar-refractivity contribution in [2.75, 3.05) is 0 Å². The lowest BCUT2D eigenvalue weighted by atomic mass is 10.4. The third-order valence-electron chi connectivity index (χ3n) is 0.979. The van der Waals surface area contributed by atoms with E-state index >= 15 is 0 Å². The zero-order valence-electron chi connectivity index (χ0n) is 5.30. The standard InChI is InChI=1S/C4H7Cl5Si/c1-2-3-4(5,6)10(7,8)9/h2-3H2,1H3. The van der Waals surface area contributed by atoms with Gasteiger partial charge in [0.05, 0.1) is 0 Å². The largest absolute Gasteiger partial charge is 0.376 e. The van der Waals surface area contributed by atoms with Crippen LogP contribution in [0.1, 0.15) is 19.8 Å². The van der Waals surface area contributed by atoms with Crippen LogP contribution in [0.2, 0.25) is 0 Å². The van der Waals surface area contributed by atoms with Crippen molar-refractivity contribution >= 4 is 62.4 Å². The first-order chi connectivity index (χ1) is 4.31. The summed E-state index contributed by atoms with van der Waals surface area (Å²) in [7, 11) is 0. The van der Waals surface area contributed by atoms with Crippen LogP contribution in [0.3, 0.4) is 0 Å². The van der Waals surface area contributed by atoms with Crippen LogP contribution in [0.25, 0.3) is 0 Å². The average molecular weight is 260 g/mol. The van der Waals surface area contributed by atoms with E-state index in [9.17, 15) is 0 Å². The van der Waals surface area contributed by atoms with E-state index in [1.165, 1.54) is 0 Å². The summed E-state index contributed by atoms with van der Waals surface area (Å²) < 4.78 is -1.13. The lowest BCUT2D eigenvalue weighted by Crippen LogP contribution is -2.36. The van der Waals surface area contributed by atoms with Crippen molar-refractivity contribution in [1.29, 1.82) is 0 Å². The summed E-state index contributed by atoms with van der Waals surface area (Å²) in [5.41, 5.74) is 0. The minimum absolute atomic E-state index is 0.527. The van der Waals surface area contributed by atoms with Crippen molar-refractivity contribution in [2.45, 2.75) is 23.7 Å². The lowest BCUT2D eigenvalue weighted by Gasteiger charge is -2.23. The second-order valence-electron chi connectivity index (χ2n) is 1.95. The first kappa shape index (κ1) is 11.7. The predicted molar refractivity (Wildman–Crippen MR) is 52.7 cm³/mol. The summed E-state index contributed by atoms with van der Waals surface area (Å²) in [4.78, 5) is 0. The van der Waals surface area contributed by atoms with Gasteiger partial charge in [-0.3, -0.25) is 0 Å². The SMILES string of the molecule is CCCC(Cl)(Cl)[Si](Cl)(Cl)Cl. The fourth-order valence-electron chi connectivity index (χ4n) is 0.456. The Morgan fingerprint density at radius 1 is 1.20 bits per heavy atom. The molecule has 0 bridgehead atoms.